The molecule has 2 heterocycles. The molecule has 0 radical (unpaired) electrons. The smallest absolute Gasteiger partial charge is 0.303 e. The summed E-state index contributed by atoms with van der Waals surface area (Å²) in [5, 5.41) is 9.46. The maximum Gasteiger partial charge on any atom is 0.303 e. The van der Waals surface area contributed by atoms with Crippen LogP contribution in [0.2, 0.25) is 5.02 Å². The van der Waals surface area contributed by atoms with Gasteiger partial charge in [-0.05, 0) is 50.3 Å². The fourth-order valence-electron chi connectivity index (χ4n) is 3.86. The molecule has 0 bridgehead atoms. The molecular weight excluding hydrogens is 328 g/mol. The molecular formula is C18H23ClN2O3. The van der Waals surface area contributed by atoms with Gasteiger partial charge in [-0.2, -0.15) is 0 Å². The molecule has 2 atom stereocenters. The van der Waals surface area contributed by atoms with Crippen molar-refractivity contribution >= 4 is 29.2 Å². The second-order valence-corrected chi connectivity index (χ2v) is 7.09. The Labute approximate surface area is 147 Å². The summed E-state index contributed by atoms with van der Waals surface area (Å²) in [6, 6.07) is 7.34. The van der Waals surface area contributed by atoms with Gasteiger partial charge in [0.25, 0.3) is 0 Å². The zero-order valence-corrected chi connectivity index (χ0v) is 14.4. The Bertz CT molecular complexity index is 622. The van der Waals surface area contributed by atoms with Crippen LogP contribution in [0.5, 0.6) is 0 Å². The maximum atomic E-state index is 12.9. The first-order valence-corrected chi connectivity index (χ1v) is 8.96. The van der Waals surface area contributed by atoms with Gasteiger partial charge in [0.15, 0.2) is 0 Å². The molecule has 6 heteroatoms. The molecule has 5 nitrogen and oxygen atoms in total. The van der Waals surface area contributed by atoms with E-state index in [4.69, 9.17) is 16.7 Å². The van der Waals surface area contributed by atoms with E-state index in [2.05, 4.69) is 4.90 Å². The van der Waals surface area contributed by atoms with E-state index in [-0.39, 0.29) is 18.4 Å². The highest BCUT2D eigenvalue weighted by molar-refractivity contribution is 6.33. The second-order valence-electron chi connectivity index (χ2n) is 6.68. The monoisotopic (exact) mass is 350 g/mol. The lowest BCUT2D eigenvalue weighted by Crippen LogP contribution is -2.47. The van der Waals surface area contributed by atoms with Crippen LogP contribution in [0.1, 0.15) is 32.1 Å². The molecule has 2 aliphatic heterocycles. The van der Waals surface area contributed by atoms with E-state index in [1.54, 1.807) is 11.0 Å². The molecule has 1 aromatic rings. The highest BCUT2D eigenvalue weighted by Crippen LogP contribution is 2.32. The second kappa shape index (κ2) is 7.53. The standard InChI is InChI=1S/C18H23ClN2O3/c19-14-5-1-2-6-15(14)21-11-9-16(18(21)24)20-10-3-4-13(12-20)7-8-17(22)23/h1-2,5-6,13,16H,3-4,7-12H2,(H,22,23). The molecule has 2 saturated heterocycles. The predicted octanol–water partition coefficient (Wildman–Crippen LogP) is 3.02. The van der Waals surface area contributed by atoms with Crippen LogP contribution in [0.15, 0.2) is 24.3 Å². The van der Waals surface area contributed by atoms with Crippen LogP contribution in [0.3, 0.4) is 0 Å². The summed E-state index contributed by atoms with van der Waals surface area (Å²) in [5.41, 5.74) is 0.783. The number of halogens is 1. The van der Waals surface area contributed by atoms with Crippen molar-refractivity contribution < 1.29 is 14.7 Å². The summed E-state index contributed by atoms with van der Waals surface area (Å²) < 4.78 is 0. The quantitative estimate of drug-likeness (QED) is 0.886. The minimum Gasteiger partial charge on any atom is -0.481 e. The molecule has 130 valence electrons. The van der Waals surface area contributed by atoms with E-state index < -0.39 is 5.97 Å². The summed E-state index contributed by atoms with van der Waals surface area (Å²) in [7, 11) is 0. The van der Waals surface area contributed by atoms with Gasteiger partial charge in [-0.25, -0.2) is 0 Å². The molecule has 1 N–H and O–H groups in total. The number of nitrogens with zero attached hydrogens (tertiary/aromatic N) is 2. The van der Waals surface area contributed by atoms with E-state index in [9.17, 15) is 9.59 Å². The van der Waals surface area contributed by atoms with Crippen LogP contribution in [0.25, 0.3) is 0 Å². The van der Waals surface area contributed by atoms with Gasteiger partial charge in [0.1, 0.15) is 0 Å². The van der Waals surface area contributed by atoms with Gasteiger partial charge in [0, 0.05) is 19.5 Å². The number of hydrogen-bond donors (Lipinski definition) is 1. The van der Waals surface area contributed by atoms with Gasteiger partial charge in [0.2, 0.25) is 5.91 Å². The Morgan fingerprint density at radius 3 is 2.79 bits per heavy atom. The minimum atomic E-state index is -0.742. The molecule has 1 amide bonds. The van der Waals surface area contributed by atoms with Crippen LogP contribution in [0.4, 0.5) is 5.69 Å². The number of aliphatic carboxylic acids is 1. The lowest BCUT2D eigenvalue weighted by molar-refractivity contribution is -0.137. The van der Waals surface area contributed by atoms with Crippen molar-refractivity contribution in [3.63, 3.8) is 0 Å². The molecule has 2 unspecified atom stereocenters. The van der Waals surface area contributed by atoms with Crippen LogP contribution in [-0.2, 0) is 9.59 Å². The molecule has 0 aliphatic carbocycles. The number of carbonyl (C=O) groups excluding carboxylic acids is 1. The first-order valence-electron chi connectivity index (χ1n) is 8.58. The third kappa shape index (κ3) is 3.73. The lowest BCUT2D eigenvalue weighted by Gasteiger charge is -2.35. The van der Waals surface area contributed by atoms with E-state index in [1.807, 2.05) is 18.2 Å². The van der Waals surface area contributed by atoms with Crippen molar-refractivity contribution in [1.29, 1.82) is 0 Å². The largest absolute Gasteiger partial charge is 0.481 e. The van der Waals surface area contributed by atoms with Crippen LogP contribution >= 0.6 is 11.6 Å². The van der Waals surface area contributed by atoms with Gasteiger partial charge in [-0.3, -0.25) is 14.5 Å². The van der Waals surface area contributed by atoms with E-state index in [1.165, 1.54) is 0 Å². The van der Waals surface area contributed by atoms with Gasteiger partial charge in [-0.15, -0.1) is 0 Å². The molecule has 2 aliphatic rings. The van der Waals surface area contributed by atoms with Crippen LogP contribution in [0, 0.1) is 5.92 Å². The van der Waals surface area contributed by atoms with E-state index >= 15 is 0 Å². The molecule has 0 saturated carbocycles. The fourth-order valence-corrected chi connectivity index (χ4v) is 4.09. The molecule has 0 spiro atoms. The van der Waals surface area contributed by atoms with Gasteiger partial charge < -0.3 is 10.0 Å². The highest BCUT2D eigenvalue weighted by Gasteiger charge is 2.38. The third-order valence-corrected chi connectivity index (χ3v) is 5.40. The van der Waals surface area contributed by atoms with Gasteiger partial charge >= 0.3 is 5.97 Å². The number of para-hydroxylation sites is 1. The highest BCUT2D eigenvalue weighted by atomic mass is 35.5. The number of carboxylic acid groups (broad SMARTS) is 1. The van der Waals surface area contributed by atoms with E-state index in [0.717, 1.165) is 38.0 Å². The normalized spacial score (nSPS) is 25.2. The predicted molar refractivity (Wildman–Crippen MR) is 93.4 cm³/mol. The fraction of sp³-hybridized carbons (Fsp3) is 0.556. The van der Waals surface area contributed by atoms with E-state index in [0.29, 0.717) is 23.9 Å². The van der Waals surface area contributed by atoms with Crippen molar-refractivity contribution in [2.75, 3.05) is 24.5 Å². The summed E-state index contributed by atoms with van der Waals surface area (Å²) >= 11 is 6.23. The molecule has 2 fully saturated rings. The lowest BCUT2D eigenvalue weighted by atomic mass is 9.92. The molecule has 24 heavy (non-hydrogen) atoms. The van der Waals surface area contributed by atoms with Crippen molar-refractivity contribution in [3.8, 4) is 0 Å². The van der Waals surface area contributed by atoms with Crippen LogP contribution < -0.4 is 4.90 Å². The van der Waals surface area contributed by atoms with Crippen molar-refractivity contribution in [3.05, 3.63) is 29.3 Å². The van der Waals surface area contributed by atoms with Gasteiger partial charge in [-0.1, -0.05) is 23.7 Å². The first-order chi connectivity index (χ1) is 11.6. The third-order valence-electron chi connectivity index (χ3n) is 5.08. The number of carboxylic acids is 1. The Morgan fingerprint density at radius 1 is 1.25 bits per heavy atom. The number of likely N-dealkylation sites (tertiary alicyclic amines) is 1. The Hall–Kier alpha value is -1.59. The topological polar surface area (TPSA) is 60.9 Å². The number of anilines is 1. The number of benzene rings is 1. The number of amides is 1. The Morgan fingerprint density at radius 2 is 2.04 bits per heavy atom. The summed E-state index contributed by atoms with van der Waals surface area (Å²) in [5.74, 6) is -0.257. The number of piperidine rings is 1. The van der Waals surface area contributed by atoms with Gasteiger partial charge in [0.05, 0.1) is 16.8 Å². The van der Waals surface area contributed by atoms with Crippen LogP contribution in [-0.4, -0.2) is 47.6 Å². The average Bonchev–Trinajstić information content (AvgIpc) is 2.95. The SMILES string of the molecule is O=C(O)CCC1CCCN(C2CCN(c3ccccc3Cl)C2=O)C1. The zero-order valence-electron chi connectivity index (χ0n) is 13.7. The summed E-state index contributed by atoms with van der Waals surface area (Å²) in [4.78, 5) is 27.7. The maximum absolute atomic E-state index is 12.9. The summed E-state index contributed by atoms with van der Waals surface area (Å²) in [6.07, 6.45) is 3.79. The first kappa shape index (κ1) is 17.2. The number of hydrogen-bond acceptors (Lipinski definition) is 3. The Kier molecular flexibility index (Phi) is 5.41. The average molecular weight is 351 g/mol. The summed E-state index contributed by atoms with van der Waals surface area (Å²) in [6.45, 7) is 2.42. The van der Waals surface area contributed by atoms with Crippen molar-refractivity contribution in [2.45, 2.75) is 38.1 Å². The Balaban J connectivity index is 1.64. The van der Waals surface area contributed by atoms with Crippen molar-refractivity contribution in [1.82, 2.24) is 4.90 Å². The zero-order chi connectivity index (χ0) is 17.1. The minimum absolute atomic E-state index is 0.103. The molecule has 3 rings (SSSR count). The number of rotatable bonds is 5. The molecule has 1 aromatic carbocycles. The molecule has 0 aromatic heterocycles. The van der Waals surface area contributed by atoms with Crippen molar-refractivity contribution in [2.24, 2.45) is 5.92 Å². The number of carbonyl (C=O) groups is 2.